The van der Waals surface area contributed by atoms with E-state index < -0.39 is 0 Å². The molecule has 32 heavy (non-hydrogen) atoms. The maximum atomic E-state index is 13.1. The number of nitrogens with one attached hydrogen (secondary N) is 1. The molecule has 2 aromatic carbocycles. The highest BCUT2D eigenvalue weighted by molar-refractivity contribution is 5.99. The van der Waals surface area contributed by atoms with Gasteiger partial charge in [-0.25, -0.2) is 0 Å². The average Bonchev–Trinajstić information content (AvgIpc) is 3.16. The fourth-order valence-electron chi connectivity index (χ4n) is 3.70. The molecule has 0 aliphatic carbocycles. The average molecular weight is 431 g/mol. The highest BCUT2D eigenvalue weighted by Gasteiger charge is 2.24. The van der Waals surface area contributed by atoms with Gasteiger partial charge in [0, 0.05) is 25.5 Å². The standard InChI is InChI=1S/C25H26N4O3/c1-3-14-28-16-21(24(30)26-13-12-18-8-7-11-20(15-18)32-2)23-22(17-28)25(31)29(27-23)19-9-5-4-6-10-19/h4-11,15-17H,3,12-14H2,1-2H3,(H,26,30). The third-order valence-electron chi connectivity index (χ3n) is 5.28. The predicted octanol–water partition coefficient (Wildman–Crippen LogP) is 3.53. The second-order valence-electron chi connectivity index (χ2n) is 7.58. The van der Waals surface area contributed by atoms with Crippen molar-refractivity contribution in [3.63, 3.8) is 0 Å². The lowest BCUT2D eigenvalue weighted by atomic mass is 10.1. The van der Waals surface area contributed by atoms with Crippen LogP contribution in [0.5, 0.6) is 5.75 Å². The molecule has 0 atom stereocenters. The molecule has 7 heteroatoms. The van der Waals surface area contributed by atoms with Crippen molar-refractivity contribution >= 4 is 5.91 Å². The van der Waals surface area contributed by atoms with E-state index in [1.54, 1.807) is 19.5 Å². The number of rotatable bonds is 8. The second kappa shape index (κ2) is 9.51. The van der Waals surface area contributed by atoms with E-state index in [1.165, 1.54) is 4.68 Å². The van der Waals surface area contributed by atoms with Gasteiger partial charge in [-0.3, -0.25) is 9.59 Å². The minimum Gasteiger partial charge on any atom is -0.497 e. The summed E-state index contributed by atoms with van der Waals surface area (Å²) in [7, 11) is 1.63. The van der Waals surface area contributed by atoms with E-state index in [9.17, 15) is 9.59 Å². The van der Waals surface area contributed by atoms with Crippen LogP contribution in [0.25, 0.3) is 16.9 Å². The zero-order chi connectivity index (χ0) is 22.5. The van der Waals surface area contributed by atoms with Gasteiger partial charge in [-0.15, -0.1) is 0 Å². The Morgan fingerprint density at radius 3 is 2.66 bits per heavy atom. The van der Waals surface area contributed by atoms with Gasteiger partial charge in [-0.1, -0.05) is 37.3 Å². The lowest BCUT2D eigenvalue weighted by molar-refractivity contribution is 0.0953. The van der Waals surface area contributed by atoms with E-state index in [0.717, 1.165) is 17.7 Å². The van der Waals surface area contributed by atoms with Crippen LogP contribution >= 0.6 is 0 Å². The normalized spacial score (nSPS) is 10.9. The molecule has 0 saturated carbocycles. The summed E-state index contributed by atoms with van der Waals surface area (Å²) in [6.07, 6.45) is 5.10. The van der Waals surface area contributed by atoms with Crippen molar-refractivity contribution in [2.24, 2.45) is 0 Å². The van der Waals surface area contributed by atoms with Crippen LogP contribution in [0.4, 0.5) is 0 Å². The first-order valence-electron chi connectivity index (χ1n) is 10.7. The van der Waals surface area contributed by atoms with Gasteiger partial charge in [0.25, 0.3) is 11.5 Å². The predicted molar refractivity (Wildman–Crippen MR) is 124 cm³/mol. The number of nitrogens with zero attached hydrogens (tertiary/aromatic N) is 3. The van der Waals surface area contributed by atoms with Crippen molar-refractivity contribution < 1.29 is 9.53 Å². The first kappa shape index (κ1) is 21.4. The van der Waals surface area contributed by atoms with Gasteiger partial charge in [0.15, 0.2) is 0 Å². The Balaban J connectivity index is 1.62. The molecule has 0 spiro atoms. The smallest absolute Gasteiger partial charge is 0.282 e. The van der Waals surface area contributed by atoms with Gasteiger partial charge in [-0.2, -0.15) is 9.78 Å². The lowest BCUT2D eigenvalue weighted by Gasteiger charge is -2.12. The first-order chi connectivity index (χ1) is 15.6. The quantitative estimate of drug-likeness (QED) is 0.464. The Morgan fingerprint density at radius 1 is 1.09 bits per heavy atom. The van der Waals surface area contributed by atoms with Crippen molar-refractivity contribution in [3.05, 3.63) is 88.5 Å². The fourth-order valence-corrected chi connectivity index (χ4v) is 3.70. The number of methoxy groups -OCH3 is 1. The molecule has 4 rings (SSSR count). The molecule has 2 heterocycles. The molecule has 0 radical (unpaired) electrons. The summed E-state index contributed by atoms with van der Waals surface area (Å²) in [6, 6.07) is 17.0. The highest BCUT2D eigenvalue weighted by Crippen LogP contribution is 2.22. The van der Waals surface area contributed by atoms with Crippen LogP contribution in [0.3, 0.4) is 0 Å². The Labute approximate surface area is 186 Å². The summed E-state index contributed by atoms with van der Waals surface area (Å²) in [4.78, 5) is 26.1. The van der Waals surface area contributed by atoms with Crippen LogP contribution in [0.2, 0.25) is 0 Å². The van der Waals surface area contributed by atoms with Gasteiger partial charge >= 0.3 is 0 Å². The van der Waals surface area contributed by atoms with Crippen LogP contribution in [0.1, 0.15) is 29.3 Å². The molecule has 0 bridgehead atoms. The van der Waals surface area contributed by atoms with Crippen molar-refractivity contribution in [1.82, 2.24) is 19.7 Å². The lowest BCUT2D eigenvalue weighted by Crippen LogP contribution is -2.27. The molecule has 2 aliphatic heterocycles. The third-order valence-corrected chi connectivity index (χ3v) is 5.28. The van der Waals surface area contributed by atoms with Gasteiger partial charge in [0.05, 0.1) is 23.9 Å². The summed E-state index contributed by atoms with van der Waals surface area (Å²) in [5, 5.41) is 7.48. The van der Waals surface area contributed by atoms with E-state index in [-0.39, 0.29) is 11.5 Å². The van der Waals surface area contributed by atoms with Gasteiger partial charge < -0.3 is 14.6 Å². The molecule has 0 fully saturated rings. The fraction of sp³-hybridized carbons (Fsp3) is 0.240. The molecule has 7 nitrogen and oxygen atoms in total. The molecule has 1 amide bonds. The third kappa shape index (κ3) is 4.42. The van der Waals surface area contributed by atoms with Crippen LogP contribution in [0, 0.1) is 0 Å². The van der Waals surface area contributed by atoms with Crippen LogP contribution in [-0.4, -0.2) is 33.9 Å². The van der Waals surface area contributed by atoms with Crippen molar-refractivity contribution in [1.29, 1.82) is 0 Å². The zero-order valence-electron chi connectivity index (χ0n) is 18.2. The van der Waals surface area contributed by atoms with Crippen molar-refractivity contribution in [2.75, 3.05) is 13.7 Å². The summed E-state index contributed by atoms with van der Waals surface area (Å²) >= 11 is 0. The highest BCUT2D eigenvalue weighted by atomic mass is 16.5. The molecule has 2 aromatic rings. The Bertz CT molecular complexity index is 1240. The molecule has 2 aliphatic rings. The number of pyridine rings is 1. The maximum absolute atomic E-state index is 13.1. The number of para-hydroxylation sites is 1. The van der Waals surface area contributed by atoms with E-state index in [2.05, 4.69) is 17.3 Å². The maximum Gasteiger partial charge on any atom is 0.282 e. The molecule has 0 saturated heterocycles. The van der Waals surface area contributed by atoms with Gasteiger partial charge in [0.1, 0.15) is 11.4 Å². The Morgan fingerprint density at radius 2 is 1.91 bits per heavy atom. The van der Waals surface area contributed by atoms with E-state index >= 15 is 0 Å². The number of ether oxygens (including phenoxy) is 1. The minimum absolute atomic E-state index is 0.234. The summed E-state index contributed by atoms with van der Waals surface area (Å²) in [6.45, 7) is 3.21. The summed E-state index contributed by atoms with van der Waals surface area (Å²) in [5.41, 5.74) is 2.74. The molecule has 1 N–H and O–H groups in total. The molecular formula is C25H26N4O3. The SMILES string of the molecule is CCCn1cc(C(=O)NCCc2cccc(OC)c2)c2nn(-c3ccccc3)c(=O)c-2c1. The number of fused-ring (bicyclic) bond motifs is 1. The number of carbonyl (C=O) groups is 1. The van der Waals surface area contributed by atoms with Crippen molar-refractivity contribution in [2.45, 2.75) is 26.3 Å². The number of hydrogen-bond acceptors (Lipinski definition) is 4. The van der Waals surface area contributed by atoms with Crippen LogP contribution in [-0.2, 0) is 13.0 Å². The number of aromatic nitrogens is 3. The molecule has 0 unspecified atom stereocenters. The number of carbonyl (C=O) groups excluding carboxylic acids is 1. The number of benzene rings is 2. The second-order valence-corrected chi connectivity index (χ2v) is 7.58. The van der Waals surface area contributed by atoms with E-state index in [0.29, 0.717) is 42.0 Å². The van der Waals surface area contributed by atoms with E-state index in [4.69, 9.17) is 4.74 Å². The molecule has 0 aromatic heterocycles. The number of amides is 1. The zero-order valence-corrected chi connectivity index (χ0v) is 18.2. The number of aryl methyl sites for hydroxylation is 1. The summed E-state index contributed by atoms with van der Waals surface area (Å²) < 4.78 is 8.50. The first-order valence-corrected chi connectivity index (χ1v) is 10.7. The van der Waals surface area contributed by atoms with Crippen molar-refractivity contribution in [3.8, 4) is 22.7 Å². The Kier molecular flexibility index (Phi) is 6.35. The Hall–Kier alpha value is -3.87. The topological polar surface area (TPSA) is 78.2 Å². The number of hydrogen-bond donors (Lipinski definition) is 1. The molecule has 164 valence electrons. The van der Waals surface area contributed by atoms with Gasteiger partial charge in [-0.05, 0) is 42.7 Å². The van der Waals surface area contributed by atoms with Crippen LogP contribution < -0.4 is 15.6 Å². The van der Waals surface area contributed by atoms with Crippen LogP contribution in [0.15, 0.2) is 71.8 Å². The van der Waals surface area contributed by atoms with E-state index in [1.807, 2.05) is 59.2 Å². The molecular weight excluding hydrogens is 404 g/mol. The largest absolute Gasteiger partial charge is 0.497 e. The summed E-state index contributed by atoms with van der Waals surface area (Å²) in [5.74, 6) is 0.537. The minimum atomic E-state index is -0.249. The monoisotopic (exact) mass is 430 g/mol. The van der Waals surface area contributed by atoms with Gasteiger partial charge in [0.2, 0.25) is 0 Å².